The highest BCUT2D eigenvalue weighted by Gasteiger charge is 2.20. The molecule has 5 heteroatoms. The van der Waals surface area contributed by atoms with Gasteiger partial charge in [0.15, 0.2) is 5.16 Å². The van der Waals surface area contributed by atoms with Gasteiger partial charge in [-0.1, -0.05) is 54.2 Å². The Labute approximate surface area is 170 Å². The van der Waals surface area contributed by atoms with Crippen LogP contribution in [0.15, 0.2) is 72.0 Å². The minimum Gasteiger partial charge on any atom is -0.356 e. The van der Waals surface area contributed by atoms with Gasteiger partial charge in [0, 0.05) is 25.0 Å². The molecule has 0 aliphatic carbocycles. The Morgan fingerprint density at radius 3 is 2.54 bits per heavy atom. The summed E-state index contributed by atoms with van der Waals surface area (Å²) in [7, 11) is 0. The van der Waals surface area contributed by atoms with Gasteiger partial charge in [0.25, 0.3) is 0 Å². The first kappa shape index (κ1) is 18.9. The van der Waals surface area contributed by atoms with Gasteiger partial charge in [0.05, 0.1) is 0 Å². The van der Waals surface area contributed by atoms with E-state index >= 15 is 0 Å². The number of thioether (sulfide) groups is 1. The fourth-order valence-electron chi connectivity index (χ4n) is 3.67. The molecule has 1 aliphatic heterocycles. The first-order chi connectivity index (χ1) is 13.8. The van der Waals surface area contributed by atoms with Crippen molar-refractivity contribution in [3.8, 4) is 0 Å². The maximum absolute atomic E-state index is 13.3. The standard InChI is InChI=1S/C23H24FN3S/c24-21-8-4-7-20(16-21)17-28-23-25-12-9-22(26-23)27-13-10-19(11-14-27)15-18-5-2-1-3-6-18/h1-9,12,16,19H,10-11,13-15,17H2. The fraction of sp³-hybridized carbons (Fsp3) is 0.304. The molecule has 2 heterocycles. The largest absolute Gasteiger partial charge is 0.356 e. The predicted molar refractivity (Wildman–Crippen MR) is 113 cm³/mol. The number of anilines is 1. The summed E-state index contributed by atoms with van der Waals surface area (Å²) in [6.45, 7) is 2.06. The molecule has 0 unspecified atom stereocenters. The number of aromatic nitrogens is 2. The molecule has 0 saturated carbocycles. The molecule has 3 nitrogen and oxygen atoms in total. The molecular formula is C23H24FN3S. The predicted octanol–water partition coefficient (Wildman–Crippen LogP) is 5.37. The van der Waals surface area contributed by atoms with Crippen LogP contribution in [0.4, 0.5) is 10.2 Å². The highest BCUT2D eigenvalue weighted by atomic mass is 32.2. The average molecular weight is 394 g/mol. The average Bonchev–Trinajstić information content (AvgIpc) is 2.74. The van der Waals surface area contributed by atoms with Crippen LogP contribution in [0.2, 0.25) is 0 Å². The van der Waals surface area contributed by atoms with Gasteiger partial charge in [0.1, 0.15) is 11.6 Å². The highest BCUT2D eigenvalue weighted by Crippen LogP contribution is 2.26. The van der Waals surface area contributed by atoms with Gasteiger partial charge in [-0.15, -0.1) is 0 Å². The van der Waals surface area contributed by atoms with Crippen LogP contribution in [0.5, 0.6) is 0 Å². The molecule has 0 spiro atoms. The summed E-state index contributed by atoms with van der Waals surface area (Å²) < 4.78 is 13.3. The second-order valence-electron chi connectivity index (χ2n) is 7.24. The van der Waals surface area contributed by atoms with Crippen LogP contribution in [0.25, 0.3) is 0 Å². The lowest BCUT2D eigenvalue weighted by Crippen LogP contribution is -2.34. The third-order valence-corrected chi connectivity index (χ3v) is 6.11. The molecular weight excluding hydrogens is 369 g/mol. The van der Waals surface area contributed by atoms with E-state index in [4.69, 9.17) is 4.98 Å². The molecule has 2 aromatic carbocycles. The number of hydrogen-bond donors (Lipinski definition) is 0. The molecule has 1 aliphatic rings. The normalized spacial score (nSPS) is 15.0. The third kappa shape index (κ3) is 5.10. The number of nitrogens with zero attached hydrogens (tertiary/aromatic N) is 3. The lowest BCUT2D eigenvalue weighted by atomic mass is 9.90. The van der Waals surface area contributed by atoms with Crippen molar-refractivity contribution in [2.75, 3.05) is 18.0 Å². The van der Waals surface area contributed by atoms with E-state index < -0.39 is 0 Å². The minimum absolute atomic E-state index is 0.203. The maximum atomic E-state index is 13.3. The third-order valence-electron chi connectivity index (χ3n) is 5.18. The van der Waals surface area contributed by atoms with Crippen LogP contribution in [-0.4, -0.2) is 23.1 Å². The van der Waals surface area contributed by atoms with Crippen LogP contribution in [0.3, 0.4) is 0 Å². The van der Waals surface area contributed by atoms with E-state index in [2.05, 4.69) is 40.2 Å². The van der Waals surface area contributed by atoms with E-state index in [1.807, 2.05) is 18.3 Å². The molecule has 0 atom stereocenters. The van der Waals surface area contributed by atoms with E-state index in [1.165, 1.54) is 24.5 Å². The lowest BCUT2D eigenvalue weighted by molar-refractivity contribution is 0.402. The zero-order valence-corrected chi connectivity index (χ0v) is 16.6. The second kappa shape index (κ2) is 9.20. The van der Waals surface area contributed by atoms with Gasteiger partial charge in [0.2, 0.25) is 0 Å². The van der Waals surface area contributed by atoms with Crippen molar-refractivity contribution in [3.05, 3.63) is 83.8 Å². The number of hydrogen-bond acceptors (Lipinski definition) is 4. The number of halogens is 1. The maximum Gasteiger partial charge on any atom is 0.189 e. The Bertz CT molecular complexity index is 895. The summed E-state index contributed by atoms with van der Waals surface area (Å²) in [6.07, 6.45) is 5.36. The van der Waals surface area contributed by atoms with Crippen LogP contribution in [0, 0.1) is 11.7 Å². The van der Waals surface area contributed by atoms with Crippen molar-refractivity contribution in [3.63, 3.8) is 0 Å². The van der Waals surface area contributed by atoms with E-state index in [0.29, 0.717) is 5.75 Å². The summed E-state index contributed by atoms with van der Waals surface area (Å²) in [5.74, 6) is 2.20. The molecule has 4 rings (SSSR count). The van der Waals surface area contributed by atoms with Crippen molar-refractivity contribution in [1.82, 2.24) is 9.97 Å². The van der Waals surface area contributed by atoms with Gasteiger partial charge in [-0.05, 0) is 54.5 Å². The zero-order valence-electron chi connectivity index (χ0n) is 15.8. The molecule has 1 fully saturated rings. The van der Waals surface area contributed by atoms with E-state index in [9.17, 15) is 4.39 Å². The number of benzene rings is 2. The van der Waals surface area contributed by atoms with Crippen molar-refractivity contribution in [2.24, 2.45) is 5.92 Å². The van der Waals surface area contributed by atoms with Crippen LogP contribution in [0.1, 0.15) is 24.0 Å². The van der Waals surface area contributed by atoms with Crippen LogP contribution >= 0.6 is 11.8 Å². The van der Waals surface area contributed by atoms with E-state index in [1.54, 1.807) is 23.9 Å². The molecule has 1 aromatic heterocycles. The Hall–Kier alpha value is -2.40. The first-order valence-corrected chi connectivity index (χ1v) is 10.7. The summed E-state index contributed by atoms with van der Waals surface area (Å²) >= 11 is 1.55. The molecule has 144 valence electrons. The molecule has 1 saturated heterocycles. The van der Waals surface area contributed by atoms with Crippen LogP contribution in [-0.2, 0) is 12.2 Å². The Balaban J connectivity index is 1.32. The smallest absolute Gasteiger partial charge is 0.189 e. The Morgan fingerprint density at radius 2 is 1.75 bits per heavy atom. The molecule has 28 heavy (non-hydrogen) atoms. The molecule has 3 aromatic rings. The van der Waals surface area contributed by atoms with Crippen molar-refractivity contribution in [2.45, 2.75) is 30.2 Å². The molecule has 0 amide bonds. The minimum atomic E-state index is -0.203. The quantitative estimate of drug-likeness (QED) is 0.416. The first-order valence-electron chi connectivity index (χ1n) is 9.75. The molecule has 0 N–H and O–H groups in total. The van der Waals surface area contributed by atoms with Crippen LogP contribution < -0.4 is 4.90 Å². The monoisotopic (exact) mass is 393 g/mol. The summed E-state index contributed by atoms with van der Waals surface area (Å²) in [4.78, 5) is 11.5. The van der Waals surface area contributed by atoms with Gasteiger partial charge < -0.3 is 4.90 Å². The second-order valence-corrected chi connectivity index (χ2v) is 8.18. The van der Waals surface area contributed by atoms with E-state index in [0.717, 1.165) is 42.0 Å². The van der Waals surface area contributed by atoms with Crippen molar-refractivity contribution >= 4 is 17.6 Å². The molecule has 0 radical (unpaired) electrons. The SMILES string of the molecule is Fc1cccc(CSc2nccc(N3CCC(Cc4ccccc4)CC3)n2)c1. The Morgan fingerprint density at radius 1 is 0.964 bits per heavy atom. The summed E-state index contributed by atoms with van der Waals surface area (Å²) in [6, 6.07) is 19.4. The Kier molecular flexibility index (Phi) is 6.22. The molecule has 0 bridgehead atoms. The van der Waals surface area contributed by atoms with Crippen molar-refractivity contribution < 1.29 is 4.39 Å². The topological polar surface area (TPSA) is 29.0 Å². The summed E-state index contributed by atoms with van der Waals surface area (Å²) in [5.41, 5.74) is 2.37. The highest BCUT2D eigenvalue weighted by molar-refractivity contribution is 7.98. The van der Waals surface area contributed by atoms with Gasteiger partial charge in [-0.3, -0.25) is 0 Å². The van der Waals surface area contributed by atoms with E-state index in [-0.39, 0.29) is 5.82 Å². The number of piperidine rings is 1. The fourth-order valence-corrected chi connectivity index (χ4v) is 4.43. The summed E-state index contributed by atoms with van der Waals surface area (Å²) in [5, 5.41) is 0.744. The van der Waals surface area contributed by atoms with Crippen molar-refractivity contribution in [1.29, 1.82) is 0 Å². The van der Waals surface area contributed by atoms with Gasteiger partial charge >= 0.3 is 0 Å². The van der Waals surface area contributed by atoms with Gasteiger partial charge in [-0.2, -0.15) is 0 Å². The lowest BCUT2D eigenvalue weighted by Gasteiger charge is -2.33. The number of rotatable bonds is 6. The van der Waals surface area contributed by atoms with Gasteiger partial charge in [-0.25, -0.2) is 14.4 Å². The zero-order chi connectivity index (χ0) is 19.2.